The van der Waals surface area contributed by atoms with Crippen molar-refractivity contribution in [2.24, 2.45) is 0 Å². The Labute approximate surface area is 112 Å². The summed E-state index contributed by atoms with van der Waals surface area (Å²) < 4.78 is 12.7. The molecule has 2 aliphatic rings. The first kappa shape index (κ1) is 12.6. The molecule has 6 heteroatoms. The molecule has 2 aliphatic heterocycles. The van der Waals surface area contributed by atoms with E-state index in [4.69, 9.17) is 9.47 Å². The Bertz CT molecular complexity index is 460. The molecular weight excluding hydrogens is 246 g/mol. The predicted octanol–water partition coefficient (Wildman–Crippen LogP) is 0.208. The van der Waals surface area contributed by atoms with Crippen molar-refractivity contribution in [3.8, 4) is 0 Å². The Balaban J connectivity index is 1.60. The topological polar surface area (TPSA) is 56.6 Å². The van der Waals surface area contributed by atoms with E-state index in [0.29, 0.717) is 13.2 Å². The molecule has 2 saturated heterocycles. The Morgan fingerprint density at radius 1 is 1.47 bits per heavy atom. The van der Waals surface area contributed by atoms with Gasteiger partial charge in [0.2, 0.25) is 0 Å². The van der Waals surface area contributed by atoms with Gasteiger partial charge in [0.1, 0.15) is 6.04 Å². The maximum atomic E-state index is 11.6. The first-order valence-corrected chi connectivity index (χ1v) is 6.74. The molecule has 0 amide bonds. The molecule has 2 atom stereocenters. The van der Waals surface area contributed by atoms with E-state index in [1.54, 1.807) is 0 Å². The van der Waals surface area contributed by atoms with Gasteiger partial charge in [-0.25, -0.2) is 0 Å². The monoisotopic (exact) mass is 265 g/mol. The first-order chi connectivity index (χ1) is 9.22. The van der Waals surface area contributed by atoms with E-state index < -0.39 is 0 Å². The molecule has 0 spiro atoms. The molecule has 3 heterocycles. The summed E-state index contributed by atoms with van der Waals surface area (Å²) in [5.41, 5.74) is 1.15. The number of nitrogens with zero attached hydrogens (tertiary/aromatic N) is 3. The van der Waals surface area contributed by atoms with E-state index in [-0.39, 0.29) is 18.1 Å². The van der Waals surface area contributed by atoms with Crippen LogP contribution in [0.4, 0.5) is 0 Å². The standard InChI is InChI=1S/C13H19N3O3/c1-10-6-14-16(7-10)9-11-8-15(3-5-18-11)12-2-4-19-13(12)17/h6-7,11-12H,2-5,8-9H2,1H3. The smallest absolute Gasteiger partial charge is 0.323 e. The fourth-order valence-corrected chi connectivity index (χ4v) is 2.73. The lowest BCUT2D eigenvalue weighted by molar-refractivity contribution is -0.144. The molecule has 6 nitrogen and oxygen atoms in total. The third kappa shape index (κ3) is 2.79. The van der Waals surface area contributed by atoms with Crippen LogP contribution in [0.1, 0.15) is 12.0 Å². The number of morpholine rings is 1. The highest BCUT2D eigenvalue weighted by Crippen LogP contribution is 2.18. The van der Waals surface area contributed by atoms with Crippen LogP contribution in [0.25, 0.3) is 0 Å². The summed E-state index contributed by atoms with van der Waals surface area (Å²) in [7, 11) is 0. The van der Waals surface area contributed by atoms with Crippen LogP contribution in [0.3, 0.4) is 0 Å². The Hall–Kier alpha value is -1.40. The molecule has 0 aliphatic carbocycles. The molecule has 3 rings (SSSR count). The van der Waals surface area contributed by atoms with Gasteiger partial charge in [0, 0.05) is 25.7 Å². The van der Waals surface area contributed by atoms with Crippen molar-refractivity contribution in [1.29, 1.82) is 0 Å². The van der Waals surface area contributed by atoms with Crippen molar-refractivity contribution >= 4 is 5.97 Å². The maximum Gasteiger partial charge on any atom is 0.323 e. The van der Waals surface area contributed by atoms with Crippen LogP contribution >= 0.6 is 0 Å². The highest BCUT2D eigenvalue weighted by molar-refractivity contribution is 5.77. The molecule has 1 aromatic rings. The third-order valence-electron chi connectivity index (χ3n) is 3.67. The number of rotatable bonds is 3. The summed E-state index contributed by atoms with van der Waals surface area (Å²) in [5.74, 6) is -0.0874. The van der Waals surface area contributed by atoms with Gasteiger partial charge in [-0.15, -0.1) is 0 Å². The lowest BCUT2D eigenvalue weighted by Gasteiger charge is -2.35. The fraction of sp³-hybridized carbons (Fsp3) is 0.692. The quantitative estimate of drug-likeness (QED) is 0.731. The van der Waals surface area contributed by atoms with Crippen molar-refractivity contribution in [3.63, 3.8) is 0 Å². The highest BCUT2D eigenvalue weighted by Gasteiger charge is 2.35. The molecular formula is C13H19N3O3. The lowest BCUT2D eigenvalue weighted by Crippen LogP contribution is -2.50. The second-order valence-electron chi connectivity index (χ2n) is 5.20. The highest BCUT2D eigenvalue weighted by atomic mass is 16.5. The van der Waals surface area contributed by atoms with Gasteiger partial charge in [0.25, 0.3) is 0 Å². The van der Waals surface area contributed by atoms with Crippen LogP contribution < -0.4 is 0 Å². The van der Waals surface area contributed by atoms with Gasteiger partial charge < -0.3 is 9.47 Å². The van der Waals surface area contributed by atoms with E-state index in [1.807, 2.05) is 24.0 Å². The maximum absolute atomic E-state index is 11.6. The minimum atomic E-state index is -0.0874. The van der Waals surface area contributed by atoms with Gasteiger partial charge in [-0.2, -0.15) is 5.10 Å². The van der Waals surface area contributed by atoms with Crippen LogP contribution in [0.2, 0.25) is 0 Å². The molecule has 2 unspecified atom stereocenters. The molecule has 0 radical (unpaired) electrons. The van der Waals surface area contributed by atoms with Gasteiger partial charge in [0.15, 0.2) is 0 Å². The van der Waals surface area contributed by atoms with E-state index in [2.05, 4.69) is 10.00 Å². The van der Waals surface area contributed by atoms with Crippen LogP contribution in [-0.2, 0) is 20.8 Å². The second-order valence-corrected chi connectivity index (χ2v) is 5.20. The molecule has 0 bridgehead atoms. The normalized spacial score (nSPS) is 28.6. The van der Waals surface area contributed by atoms with Crippen molar-refractivity contribution in [2.75, 3.05) is 26.3 Å². The van der Waals surface area contributed by atoms with E-state index in [1.165, 1.54) is 0 Å². The summed E-state index contributed by atoms with van der Waals surface area (Å²) >= 11 is 0. The number of carbonyl (C=O) groups excluding carboxylic acids is 1. The average Bonchev–Trinajstić information content (AvgIpc) is 2.99. The second kappa shape index (κ2) is 5.30. The van der Waals surface area contributed by atoms with Crippen molar-refractivity contribution in [2.45, 2.75) is 32.0 Å². The third-order valence-corrected chi connectivity index (χ3v) is 3.67. The molecule has 1 aromatic heterocycles. The van der Waals surface area contributed by atoms with Gasteiger partial charge >= 0.3 is 5.97 Å². The van der Waals surface area contributed by atoms with Gasteiger partial charge in [-0.3, -0.25) is 14.4 Å². The molecule has 104 valence electrons. The molecule has 0 N–H and O–H groups in total. The zero-order valence-electron chi connectivity index (χ0n) is 11.1. The lowest BCUT2D eigenvalue weighted by atomic mass is 10.1. The van der Waals surface area contributed by atoms with Crippen LogP contribution in [-0.4, -0.2) is 59.1 Å². The number of aryl methyl sites for hydroxylation is 1. The fourth-order valence-electron chi connectivity index (χ4n) is 2.73. The number of hydrogen-bond acceptors (Lipinski definition) is 5. The molecule has 0 saturated carbocycles. The van der Waals surface area contributed by atoms with Gasteiger partial charge in [-0.05, 0) is 12.5 Å². The zero-order chi connectivity index (χ0) is 13.2. The SMILES string of the molecule is Cc1cnn(CC2CN(C3CCOC3=O)CCO2)c1. The Morgan fingerprint density at radius 3 is 3.05 bits per heavy atom. The Morgan fingerprint density at radius 2 is 2.37 bits per heavy atom. The van der Waals surface area contributed by atoms with Crippen LogP contribution in [0, 0.1) is 6.92 Å². The number of hydrogen-bond donors (Lipinski definition) is 0. The summed E-state index contributed by atoms with van der Waals surface area (Å²) in [5, 5.41) is 4.27. The van der Waals surface area contributed by atoms with E-state index in [9.17, 15) is 4.79 Å². The van der Waals surface area contributed by atoms with Crippen molar-refractivity contribution < 1.29 is 14.3 Å². The largest absolute Gasteiger partial charge is 0.464 e. The van der Waals surface area contributed by atoms with Crippen molar-refractivity contribution in [1.82, 2.24) is 14.7 Å². The minimum absolute atomic E-state index is 0.0780. The zero-order valence-corrected chi connectivity index (χ0v) is 11.1. The number of esters is 1. The summed E-state index contributed by atoms with van der Waals surface area (Å²) in [6, 6.07) is -0.0780. The van der Waals surface area contributed by atoms with Gasteiger partial charge in [-0.1, -0.05) is 0 Å². The first-order valence-electron chi connectivity index (χ1n) is 6.74. The Kier molecular flexibility index (Phi) is 3.52. The number of carbonyl (C=O) groups is 1. The molecule has 19 heavy (non-hydrogen) atoms. The molecule has 0 aromatic carbocycles. The minimum Gasteiger partial charge on any atom is -0.464 e. The van der Waals surface area contributed by atoms with Crippen LogP contribution in [0.15, 0.2) is 12.4 Å². The summed E-state index contributed by atoms with van der Waals surface area (Å²) in [4.78, 5) is 13.8. The average molecular weight is 265 g/mol. The number of aromatic nitrogens is 2. The summed E-state index contributed by atoms with van der Waals surface area (Å²) in [6.07, 6.45) is 4.73. The van der Waals surface area contributed by atoms with Gasteiger partial charge in [0.05, 0.1) is 32.1 Å². The number of ether oxygens (including phenoxy) is 2. The predicted molar refractivity (Wildman–Crippen MR) is 67.6 cm³/mol. The van der Waals surface area contributed by atoms with E-state index in [0.717, 1.165) is 31.6 Å². The summed E-state index contributed by atoms with van der Waals surface area (Å²) in [6.45, 7) is 5.52. The van der Waals surface area contributed by atoms with Crippen molar-refractivity contribution in [3.05, 3.63) is 18.0 Å². The number of cyclic esters (lactones) is 1. The molecule has 2 fully saturated rings. The van der Waals surface area contributed by atoms with Crippen LogP contribution in [0.5, 0.6) is 0 Å². The van der Waals surface area contributed by atoms with E-state index >= 15 is 0 Å².